The van der Waals surface area contributed by atoms with Gasteiger partial charge in [0.15, 0.2) is 4.34 Å². The average Bonchev–Trinajstić information content (AvgIpc) is 3.02. The van der Waals surface area contributed by atoms with E-state index < -0.39 is 17.6 Å². The first kappa shape index (κ1) is 22.9. The highest BCUT2D eigenvalue weighted by molar-refractivity contribution is 8.01. The van der Waals surface area contributed by atoms with Gasteiger partial charge in [0, 0.05) is 27.0 Å². The highest BCUT2D eigenvalue weighted by Crippen LogP contribution is 2.32. The van der Waals surface area contributed by atoms with Crippen LogP contribution < -0.4 is 5.32 Å². The van der Waals surface area contributed by atoms with Gasteiger partial charge in [-0.1, -0.05) is 41.0 Å². The minimum absolute atomic E-state index is 0.0283. The molecule has 0 saturated carbocycles. The Morgan fingerprint density at radius 2 is 1.97 bits per heavy atom. The third-order valence-corrected chi connectivity index (χ3v) is 6.94. The van der Waals surface area contributed by atoms with Gasteiger partial charge in [0.05, 0.1) is 17.0 Å². The normalized spacial score (nSPS) is 11.5. The van der Waals surface area contributed by atoms with E-state index in [1.165, 1.54) is 35.2 Å². The maximum atomic E-state index is 12.8. The zero-order valence-electron chi connectivity index (χ0n) is 15.5. The van der Waals surface area contributed by atoms with Crippen LogP contribution >= 0.6 is 46.3 Å². The SMILES string of the molecule is Cc1nc(SCC(=O)Nc2cccc(C(F)(F)F)c2)sc1Cc1cc(Cl)ccc1Cl. The lowest BCUT2D eigenvalue weighted by Gasteiger charge is -2.09. The lowest BCUT2D eigenvalue weighted by atomic mass is 10.1. The van der Waals surface area contributed by atoms with Crippen molar-refractivity contribution in [1.29, 1.82) is 0 Å². The Kier molecular flexibility index (Phi) is 7.34. The molecule has 0 spiro atoms. The summed E-state index contributed by atoms with van der Waals surface area (Å²) >= 11 is 14.9. The highest BCUT2D eigenvalue weighted by atomic mass is 35.5. The van der Waals surface area contributed by atoms with Crippen LogP contribution in [0.15, 0.2) is 46.8 Å². The van der Waals surface area contributed by atoms with Crippen molar-refractivity contribution in [3.63, 3.8) is 0 Å². The monoisotopic (exact) mass is 490 g/mol. The number of carbonyl (C=O) groups excluding carboxylic acids is 1. The number of thiazole rings is 1. The number of alkyl halides is 3. The second-order valence-electron chi connectivity index (χ2n) is 6.32. The van der Waals surface area contributed by atoms with Gasteiger partial charge in [0.2, 0.25) is 5.91 Å². The number of amides is 1. The zero-order chi connectivity index (χ0) is 21.9. The molecule has 0 fully saturated rings. The zero-order valence-corrected chi connectivity index (χ0v) is 18.7. The molecule has 1 aromatic heterocycles. The summed E-state index contributed by atoms with van der Waals surface area (Å²) in [5.74, 6) is -0.382. The lowest BCUT2D eigenvalue weighted by molar-refractivity contribution is -0.137. The fourth-order valence-electron chi connectivity index (χ4n) is 2.58. The number of halogens is 5. The minimum Gasteiger partial charge on any atom is -0.325 e. The Bertz CT molecular complexity index is 1070. The van der Waals surface area contributed by atoms with E-state index in [2.05, 4.69) is 10.3 Å². The Hall–Kier alpha value is -1.74. The summed E-state index contributed by atoms with van der Waals surface area (Å²) in [5.41, 5.74) is 1.00. The molecular formula is C20H15Cl2F3N2OS2. The summed E-state index contributed by atoms with van der Waals surface area (Å²) in [7, 11) is 0. The molecule has 3 rings (SSSR count). The van der Waals surface area contributed by atoms with Crippen LogP contribution in [-0.2, 0) is 17.4 Å². The van der Waals surface area contributed by atoms with Gasteiger partial charge in [-0.3, -0.25) is 4.79 Å². The first-order valence-electron chi connectivity index (χ1n) is 8.62. The molecule has 0 saturated heterocycles. The van der Waals surface area contributed by atoms with Crippen molar-refractivity contribution in [3.05, 3.63) is 74.2 Å². The summed E-state index contributed by atoms with van der Waals surface area (Å²) in [6.07, 6.45) is -3.89. The Balaban J connectivity index is 1.61. The molecule has 1 amide bonds. The minimum atomic E-state index is -4.46. The van der Waals surface area contributed by atoms with Gasteiger partial charge in [-0.2, -0.15) is 13.2 Å². The first-order valence-corrected chi connectivity index (χ1v) is 11.2. The molecule has 0 bridgehead atoms. The first-order chi connectivity index (χ1) is 14.1. The van der Waals surface area contributed by atoms with Crippen molar-refractivity contribution in [1.82, 2.24) is 4.98 Å². The number of hydrogen-bond acceptors (Lipinski definition) is 4. The van der Waals surface area contributed by atoms with E-state index in [1.807, 2.05) is 6.92 Å². The maximum Gasteiger partial charge on any atom is 0.416 e. The summed E-state index contributed by atoms with van der Waals surface area (Å²) in [6.45, 7) is 1.87. The molecule has 1 N–H and O–H groups in total. The molecule has 0 aliphatic rings. The molecule has 0 aliphatic heterocycles. The third kappa shape index (κ3) is 6.14. The molecule has 0 aliphatic carbocycles. The smallest absolute Gasteiger partial charge is 0.325 e. The van der Waals surface area contributed by atoms with Crippen molar-refractivity contribution >= 4 is 57.9 Å². The van der Waals surface area contributed by atoms with Crippen molar-refractivity contribution in [2.45, 2.75) is 23.9 Å². The number of aromatic nitrogens is 1. The number of nitrogens with zero attached hydrogens (tertiary/aromatic N) is 1. The molecule has 3 aromatic rings. The summed E-state index contributed by atoms with van der Waals surface area (Å²) in [6, 6.07) is 9.79. The number of aryl methyl sites for hydroxylation is 1. The van der Waals surface area contributed by atoms with Crippen molar-refractivity contribution in [2.24, 2.45) is 0 Å². The number of thioether (sulfide) groups is 1. The molecule has 10 heteroatoms. The van der Waals surface area contributed by atoms with Gasteiger partial charge in [-0.05, 0) is 48.9 Å². The van der Waals surface area contributed by atoms with E-state index in [0.29, 0.717) is 20.8 Å². The van der Waals surface area contributed by atoms with Crippen LogP contribution in [0.25, 0.3) is 0 Å². The van der Waals surface area contributed by atoms with Crippen molar-refractivity contribution < 1.29 is 18.0 Å². The number of anilines is 1. The van der Waals surface area contributed by atoms with Crippen LogP contribution in [0.3, 0.4) is 0 Å². The molecular weight excluding hydrogens is 476 g/mol. The summed E-state index contributed by atoms with van der Waals surface area (Å²) in [5, 5.41) is 3.69. The molecule has 3 nitrogen and oxygen atoms in total. The molecule has 158 valence electrons. The van der Waals surface area contributed by atoms with E-state index in [-0.39, 0.29) is 11.4 Å². The largest absolute Gasteiger partial charge is 0.416 e. The van der Waals surface area contributed by atoms with E-state index in [4.69, 9.17) is 23.2 Å². The van der Waals surface area contributed by atoms with Gasteiger partial charge < -0.3 is 5.32 Å². The summed E-state index contributed by atoms with van der Waals surface area (Å²) in [4.78, 5) is 17.6. The van der Waals surface area contributed by atoms with E-state index in [9.17, 15) is 18.0 Å². The van der Waals surface area contributed by atoms with Gasteiger partial charge in [-0.15, -0.1) is 11.3 Å². The number of rotatable bonds is 6. The molecule has 0 unspecified atom stereocenters. The topological polar surface area (TPSA) is 42.0 Å². The quantitative estimate of drug-likeness (QED) is 0.374. The standard InChI is InChI=1S/C20H15Cl2F3N2OS2/c1-11-17(8-12-7-14(21)5-6-16(12)22)30-19(26-11)29-10-18(28)27-15-4-2-3-13(9-15)20(23,24)25/h2-7,9H,8,10H2,1H3,(H,27,28). The number of carbonyl (C=O) groups is 1. The number of hydrogen-bond donors (Lipinski definition) is 1. The molecule has 30 heavy (non-hydrogen) atoms. The van der Waals surface area contributed by atoms with E-state index >= 15 is 0 Å². The molecule has 2 aromatic carbocycles. The molecule has 1 heterocycles. The van der Waals surface area contributed by atoms with E-state index in [0.717, 1.165) is 28.3 Å². The highest BCUT2D eigenvalue weighted by Gasteiger charge is 2.30. The predicted molar refractivity (Wildman–Crippen MR) is 117 cm³/mol. The van der Waals surface area contributed by atoms with Crippen LogP contribution in [0.1, 0.15) is 21.7 Å². The Labute approximate surface area is 189 Å². The van der Waals surface area contributed by atoms with Crippen LogP contribution in [0, 0.1) is 6.92 Å². The second kappa shape index (κ2) is 9.60. The fraction of sp³-hybridized carbons (Fsp3) is 0.200. The van der Waals surface area contributed by atoms with Gasteiger partial charge >= 0.3 is 6.18 Å². The molecule has 0 atom stereocenters. The maximum absolute atomic E-state index is 12.8. The second-order valence-corrected chi connectivity index (χ2v) is 9.47. The van der Waals surface area contributed by atoms with Crippen LogP contribution in [0.2, 0.25) is 10.0 Å². The van der Waals surface area contributed by atoms with E-state index in [1.54, 1.807) is 18.2 Å². The van der Waals surface area contributed by atoms with Crippen LogP contribution in [-0.4, -0.2) is 16.6 Å². The summed E-state index contributed by atoms with van der Waals surface area (Å²) < 4.78 is 39.0. The number of benzene rings is 2. The van der Waals surface area contributed by atoms with Crippen molar-refractivity contribution in [2.75, 3.05) is 11.1 Å². The number of nitrogens with one attached hydrogen (secondary N) is 1. The fourth-order valence-corrected chi connectivity index (χ4v) is 5.01. The van der Waals surface area contributed by atoms with Crippen LogP contribution in [0.4, 0.5) is 18.9 Å². The van der Waals surface area contributed by atoms with Gasteiger partial charge in [0.25, 0.3) is 0 Å². The Morgan fingerprint density at radius 1 is 1.20 bits per heavy atom. The predicted octanol–water partition coefficient (Wildman–Crippen LogP) is 7.10. The Morgan fingerprint density at radius 3 is 2.70 bits per heavy atom. The third-order valence-electron chi connectivity index (χ3n) is 4.03. The lowest BCUT2D eigenvalue weighted by Crippen LogP contribution is -2.15. The van der Waals surface area contributed by atoms with Crippen LogP contribution in [0.5, 0.6) is 0 Å². The average molecular weight is 491 g/mol. The van der Waals surface area contributed by atoms with Gasteiger partial charge in [-0.25, -0.2) is 4.98 Å². The van der Waals surface area contributed by atoms with Gasteiger partial charge in [0.1, 0.15) is 0 Å². The molecule has 0 radical (unpaired) electrons. The van der Waals surface area contributed by atoms with Crippen molar-refractivity contribution in [3.8, 4) is 0 Å².